The van der Waals surface area contributed by atoms with E-state index >= 15 is 0 Å². The molecule has 2 N–H and O–H groups in total. The Labute approximate surface area is 112 Å². The summed E-state index contributed by atoms with van der Waals surface area (Å²) in [7, 11) is 0. The van der Waals surface area contributed by atoms with Gasteiger partial charge in [-0.05, 0) is 31.5 Å². The Morgan fingerprint density at radius 1 is 1.47 bits per heavy atom. The van der Waals surface area contributed by atoms with Gasteiger partial charge < -0.3 is 10.4 Å². The first-order chi connectivity index (χ1) is 9.20. The maximum absolute atomic E-state index is 13.3. The number of anilines is 1. The first-order valence-corrected chi connectivity index (χ1v) is 6.60. The van der Waals surface area contributed by atoms with Gasteiger partial charge in [0, 0.05) is 19.0 Å². The maximum Gasteiger partial charge on any atom is 0.225 e. The lowest BCUT2D eigenvalue weighted by molar-refractivity contribution is -0.116. The number of nitrogens with zero attached hydrogens (tertiary/aromatic N) is 1. The SMILES string of the molecule is O=C(CCN1CCC[C@@H]1CO)Nc1ccccc1F. The summed E-state index contributed by atoms with van der Waals surface area (Å²) in [6.07, 6.45) is 2.34. The van der Waals surface area contributed by atoms with Crippen molar-refractivity contribution in [3.8, 4) is 0 Å². The molecule has 19 heavy (non-hydrogen) atoms. The lowest BCUT2D eigenvalue weighted by Gasteiger charge is -2.22. The number of aliphatic hydroxyl groups is 1. The van der Waals surface area contributed by atoms with Crippen LogP contribution in [0.1, 0.15) is 19.3 Å². The van der Waals surface area contributed by atoms with Crippen molar-refractivity contribution in [1.29, 1.82) is 0 Å². The number of halogens is 1. The second kappa shape index (κ2) is 6.63. The van der Waals surface area contributed by atoms with Crippen molar-refractivity contribution in [1.82, 2.24) is 4.90 Å². The Kier molecular flexibility index (Phi) is 4.87. The quantitative estimate of drug-likeness (QED) is 0.851. The molecule has 1 aliphatic rings. The number of aliphatic hydroxyl groups excluding tert-OH is 1. The molecular formula is C14H19FN2O2. The van der Waals surface area contributed by atoms with Crippen molar-refractivity contribution < 1.29 is 14.3 Å². The van der Waals surface area contributed by atoms with Crippen LogP contribution in [0.3, 0.4) is 0 Å². The lowest BCUT2D eigenvalue weighted by Crippen LogP contribution is -2.34. The molecule has 1 amide bonds. The average molecular weight is 266 g/mol. The first-order valence-electron chi connectivity index (χ1n) is 6.60. The standard InChI is InChI=1S/C14H19FN2O2/c15-12-5-1-2-6-13(12)16-14(19)7-9-17-8-3-4-11(17)10-18/h1-2,5-6,11,18H,3-4,7-10H2,(H,16,19)/t11-/m1/s1. The highest BCUT2D eigenvalue weighted by Crippen LogP contribution is 2.17. The third-order valence-electron chi connectivity index (χ3n) is 3.48. The van der Waals surface area contributed by atoms with Gasteiger partial charge in [-0.2, -0.15) is 0 Å². The van der Waals surface area contributed by atoms with Crippen LogP contribution < -0.4 is 5.32 Å². The number of hydrogen-bond donors (Lipinski definition) is 2. The summed E-state index contributed by atoms with van der Waals surface area (Å²) in [4.78, 5) is 13.9. The predicted octanol–water partition coefficient (Wildman–Crippen LogP) is 1.61. The van der Waals surface area contributed by atoms with Crippen molar-refractivity contribution in [2.45, 2.75) is 25.3 Å². The van der Waals surface area contributed by atoms with Gasteiger partial charge in [0.25, 0.3) is 0 Å². The molecule has 1 fully saturated rings. The van der Waals surface area contributed by atoms with Crippen LogP contribution >= 0.6 is 0 Å². The minimum Gasteiger partial charge on any atom is -0.395 e. The Hall–Kier alpha value is -1.46. The molecule has 104 valence electrons. The van der Waals surface area contributed by atoms with Gasteiger partial charge in [0.1, 0.15) is 5.82 Å². The number of para-hydroxylation sites is 1. The zero-order chi connectivity index (χ0) is 13.7. The van der Waals surface area contributed by atoms with E-state index in [0.717, 1.165) is 19.4 Å². The molecule has 2 rings (SSSR count). The van der Waals surface area contributed by atoms with Gasteiger partial charge in [0.15, 0.2) is 0 Å². The van der Waals surface area contributed by atoms with Gasteiger partial charge in [-0.1, -0.05) is 12.1 Å². The molecule has 0 bridgehead atoms. The number of benzene rings is 1. The van der Waals surface area contributed by atoms with Crippen LogP contribution in [-0.4, -0.2) is 41.7 Å². The molecule has 1 heterocycles. The number of rotatable bonds is 5. The number of likely N-dealkylation sites (tertiary alicyclic amines) is 1. The van der Waals surface area contributed by atoms with Gasteiger partial charge in [0.05, 0.1) is 12.3 Å². The normalized spacial score (nSPS) is 19.6. The summed E-state index contributed by atoms with van der Waals surface area (Å²) < 4.78 is 13.3. The predicted molar refractivity (Wildman–Crippen MR) is 71.3 cm³/mol. The second-order valence-corrected chi connectivity index (χ2v) is 4.79. The Morgan fingerprint density at radius 3 is 3.00 bits per heavy atom. The molecule has 1 aromatic carbocycles. The molecule has 0 unspecified atom stereocenters. The molecular weight excluding hydrogens is 247 g/mol. The smallest absolute Gasteiger partial charge is 0.225 e. The molecule has 0 saturated carbocycles. The monoisotopic (exact) mass is 266 g/mol. The minimum atomic E-state index is -0.426. The molecule has 0 radical (unpaired) electrons. The van der Waals surface area contributed by atoms with E-state index in [2.05, 4.69) is 10.2 Å². The van der Waals surface area contributed by atoms with Crippen molar-refractivity contribution in [3.63, 3.8) is 0 Å². The fourth-order valence-corrected chi connectivity index (χ4v) is 2.42. The molecule has 5 heteroatoms. The fourth-order valence-electron chi connectivity index (χ4n) is 2.42. The number of nitrogens with one attached hydrogen (secondary N) is 1. The number of carbonyl (C=O) groups is 1. The summed E-state index contributed by atoms with van der Waals surface area (Å²) in [5.41, 5.74) is 0.215. The van der Waals surface area contributed by atoms with Crippen molar-refractivity contribution >= 4 is 11.6 Å². The van der Waals surface area contributed by atoms with Crippen molar-refractivity contribution in [2.75, 3.05) is 25.0 Å². The molecule has 0 aromatic heterocycles. The topological polar surface area (TPSA) is 52.6 Å². The minimum absolute atomic E-state index is 0.134. The maximum atomic E-state index is 13.3. The number of carbonyl (C=O) groups excluding carboxylic acids is 1. The van der Waals surface area contributed by atoms with Gasteiger partial charge in [-0.3, -0.25) is 9.69 Å². The molecule has 0 aliphatic carbocycles. The van der Waals surface area contributed by atoms with E-state index in [1.807, 2.05) is 0 Å². The van der Waals surface area contributed by atoms with Crippen LogP contribution in [0.4, 0.5) is 10.1 Å². The van der Waals surface area contributed by atoms with E-state index in [4.69, 9.17) is 0 Å². The van der Waals surface area contributed by atoms with E-state index < -0.39 is 5.82 Å². The van der Waals surface area contributed by atoms with Crippen LogP contribution in [0.5, 0.6) is 0 Å². The fraction of sp³-hybridized carbons (Fsp3) is 0.500. The van der Waals surface area contributed by atoms with Crippen LogP contribution in [-0.2, 0) is 4.79 Å². The second-order valence-electron chi connectivity index (χ2n) is 4.79. The Morgan fingerprint density at radius 2 is 2.26 bits per heavy atom. The molecule has 1 aliphatic heterocycles. The van der Waals surface area contributed by atoms with Gasteiger partial charge in [0.2, 0.25) is 5.91 Å². The van der Waals surface area contributed by atoms with Crippen LogP contribution in [0, 0.1) is 5.82 Å². The Balaban J connectivity index is 1.80. The lowest BCUT2D eigenvalue weighted by atomic mass is 10.2. The number of hydrogen-bond acceptors (Lipinski definition) is 3. The van der Waals surface area contributed by atoms with E-state index in [1.54, 1.807) is 18.2 Å². The van der Waals surface area contributed by atoms with E-state index in [9.17, 15) is 14.3 Å². The molecule has 0 spiro atoms. The van der Waals surface area contributed by atoms with Crippen molar-refractivity contribution in [3.05, 3.63) is 30.1 Å². The van der Waals surface area contributed by atoms with E-state index in [0.29, 0.717) is 13.0 Å². The van der Waals surface area contributed by atoms with Gasteiger partial charge >= 0.3 is 0 Å². The number of amides is 1. The summed E-state index contributed by atoms with van der Waals surface area (Å²) in [6.45, 7) is 1.65. The first kappa shape index (κ1) is 14.0. The van der Waals surface area contributed by atoms with E-state index in [1.165, 1.54) is 6.07 Å². The zero-order valence-electron chi connectivity index (χ0n) is 10.8. The Bertz CT molecular complexity index is 439. The summed E-state index contributed by atoms with van der Waals surface area (Å²) in [6, 6.07) is 6.29. The molecule has 4 nitrogen and oxygen atoms in total. The highest BCUT2D eigenvalue weighted by atomic mass is 19.1. The highest BCUT2D eigenvalue weighted by molar-refractivity contribution is 5.90. The molecule has 1 aromatic rings. The molecule has 1 atom stereocenters. The summed E-state index contributed by atoms with van der Waals surface area (Å²) >= 11 is 0. The van der Waals surface area contributed by atoms with Crippen LogP contribution in [0.15, 0.2) is 24.3 Å². The summed E-state index contributed by atoms with van der Waals surface area (Å²) in [5.74, 6) is -0.626. The average Bonchev–Trinajstić information content (AvgIpc) is 2.86. The van der Waals surface area contributed by atoms with E-state index in [-0.39, 0.29) is 24.2 Å². The van der Waals surface area contributed by atoms with Gasteiger partial charge in [-0.25, -0.2) is 4.39 Å². The largest absolute Gasteiger partial charge is 0.395 e. The van der Waals surface area contributed by atoms with Crippen molar-refractivity contribution in [2.24, 2.45) is 0 Å². The molecule has 1 saturated heterocycles. The highest BCUT2D eigenvalue weighted by Gasteiger charge is 2.23. The third-order valence-corrected chi connectivity index (χ3v) is 3.48. The van der Waals surface area contributed by atoms with Crippen LogP contribution in [0.2, 0.25) is 0 Å². The van der Waals surface area contributed by atoms with Crippen LogP contribution in [0.25, 0.3) is 0 Å². The zero-order valence-corrected chi connectivity index (χ0v) is 10.8. The third kappa shape index (κ3) is 3.75. The summed E-state index contributed by atoms with van der Waals surface area (Å²) in [5, 5.41) is 11.7. The van der Waals surface area contributed by atoms with Gasteiger partial charge in [-0.15, -0.1) is 0 Å².